The van der Waals surface area contributed by atoms with Crippen molar-refractivity contribution < 1.29 is 13.6 Å². The number of aromatic nitrogens is 2. The molecule has 0 amide bonds. The van der Waals surface area contributed by atoms with E-state index in [0.717, 1.165) is 0 Å². The van der Waals surface area contributed by atoms with E-state index in [1.165, 1.54) is 18.3 Å². The lowest BCUT2D eigenvalue weighted by Gasteiger charge is -1.98. The first-order valence-electron chi connectivity index (χ1n) is 5.21. The summed E-state index contributed by atoms with van der Waals surface area (Å²) in [4.78, 5) is 19.1. The maximum atomic E-state index is 12.9. The van der Waals surface area contributed by atoms with Crippen molar-refractivity contribution in [1.29, 1.82) is 0 Å². The Labute approximate surface area is 97.5 Å². The van der Waals surface area contributed by atoms with E-state index in [1.54, 1.807) is 19.9 Å². The molecule has 0 aliphatic carbocycles. The summed E-state index contributed by atoms with van der Waals surface area (Å²) in [6, 6.07) is 4.34. The van der Waals surface area contributed by atoms with Crippen LogP contribution < -0.4 is 0 Å². The molecule has 2 heterocycles. The van der Waals surface area contributed by atoms with Crippen LogP contribution in [0.3, 0.4) is 0 Å². The highest BCUT2D eigenvalue weighted by atomic mass is 19.1. The van der Waals surface area contributed by atoms with Crippen LogP contribution in [0.2, 0.25) is 0 Å². The van der Waals surface area contributed by atoms with Crippen LogP contribution in [0.4, 0.5) is 4.39 Å². The van der Waals surface area contributed by atoms with E-state index in [1.807, 2.05) is 0 Å². The largest absolute Gasteiger partial charge is 0.432 e. The quantitative estimate of drug-likeness (QED) is 0.605. The number of oxazole rings is 1. The Hall–Kier alpha value is -2.04. The summed E-state index contributed by atoms with van der Waals surface area (Å²) in [5, 5.41) is 0. The van der Waals surface area contributed by atoms with Gasteiger partial charge in [0.2, 0.25) is 11.7 Å². The first-order chi connectivity index (χ1) is 8.08. The van der Waals surface area contributed by atoms with E-state index in [0.29, 0.717) is 5.69 Å². The van der Waals surface area contributed by atoms with Gasteiger partial charge in [-0.05, 0) is 12.1 Å². The van der Waals surface area contributed by atoms with E-state index in [-0.39, 0.29) is 23.4 Å². The highest BCUT2D eigenvalue weighted by molar-refractivity contribution is 5.93. The fourth-order valence-corrected chi connectivity index (χ4v) is 1.30. The predicted octanol–water partition coefficient (Wildman–Crippen LogP) is 2.71. The van der Waals surface area contributed by atoms with E-state index < -0.39 is 5.95 Å². The number of hydrogen-bond donors (Lipinski definition) is 0. The van der Waals surface area contributed by atoms with Gasteiger partial charge in [0.05, 0.1) is 6.20 Å². The van der Waals surface area contributed by atoms with Crippen LogP contribution in [0.1, 0.15) is 24.5 Å². The summed E-state index contributed by atoms with van der Waals surface area (Å²) < 4.78 is 18.2. The van der Waals surface area contributed by atoms with Crippen LogP contribution in [0.5, 0.6) is 0 Å². The molecule has 2 rings (SSSR count). The molecule has 0 bridgehead atoms. The Balaban J connectivity index is 2.33. The summed E-state index contributed by atoms with van der Waals surface area (Å²) >= 11 is 0. The third-order valence-electron chi connectivity index (χ3n) is 2.21. The molecule has 0 N–H and O–H groups in total. The van der Waals surface area contributed by atoms with Gasteiger partial charge in [0, 0.05) is 5.92 Å². The fourth-order valence-electron chi connectivity index (χ4n) is 1.30. The molecule has 0 fully saturated rings. The second-order valence-electron chi connectivity index (χ2n) is 3.89. The Morgan fingerprint density at radius 3 is 2.82 bits per heavy atom. The topological polar surface area (TPSA) is 56.0 Å². The maximum absolute atomic E-state index is 12.9. The molecule has 0 spiro atoms. The van der Waals surface area contributed by atoms with Crippen LogP contribution in [-0.4, -0.2) is 15.8 Å². The molecule has 88 valence electrons. The Kier molecular flexibility index (Phi) is 2.99. The molecule has 0 saturated heterocycles. The number of carbonyl (C=O) groups is 1. The van der Waals surface area contributed by atoms with Gasteiger partial charge in [0.15, 0.2) is 5.76 Å². The third kappa shape index (κ3) is 2.38. The summed E-state index contributed by atoms with van der Waals surface area (Å²) in [5.41, 5.74) is 0.320. The fraction of sp³-hybridized carbons (Fsp3) is 0.250. The molecule has 0 aliphatic rings. The normalized spacial score (nSPS) is 10.8. The van der Waals surface area contributed by atoms with E-state index in [4.69, 9.17) is 4.42 Å². The van der Waals surface area contributed by atoms with Crippen LogP contribution in [-0.2, 0) is 0 Å². The Bertz CT molecular complexity index is 549. The van der Waals surface area contributed by atoms with Gasteiger partial charge < -0.3 is 4.42 Å². The summed E-state index contributed by atoms with van der Waals surface area (Å²) in [7, 11) is 0. The number of carbonyl (C=O) groups excluding carboxylic acids is 1. The number of pyridine rings is 1. The lowest BCUT2D eigenvalue weighted by molar-refractivity contribution is 0.0905. The lowest BCUT2D eigenvalue weighted by Crippen LogP contribution is -2.07. The highest BCUT2D eigenvalue weighted by Crippen LogP contribution is 2.19. The number of Topliss-reactive ketones (excluding diaryl/α,β-unsaturated/α-hetero) is 1. The smallest absolute Gasteiger partial charge is 0.263 e. The zero-order chi connectivity index (χ0) is 12.4. The van der Waals surface area contributed by atoms with Crippen molar-refractivity contribution in [3.05, 3.63) is 36.2 Å². The number of nitrogens with zero attached hydrogens (tertiary/aromatic N) is 2. The molecule has 2 aromatic rings. The lowest BCUT2D eigenvalue weighted by atomic mass is 10.1. The summed E-state index contributed by atoms with van der Waals surface area (Å²) in [6.07, 6.45) is 1.37. The minimum Gasteiger partial charge on any atom is -0.432 e. The average Bonchev–Trinajstić information content (AvgIpc) is 2.77. The van der Waals surface area contributed by atoms with Crippen LogP contribution >= 0.6 is 0 Å². The minimum absolute atomic E-state index is 0.0288. The summed E-state index contributed by atoms with van der Waals surface area (Å²) in [5.74, 6) is -0.667. The molecule has 2 aromatic heterocycles. The zero-order valence-corrected chi connectivity index (χ0v) is 9.48. The van der Waals surface area contributed by atoms with Gasteiger partial charge in [0.25, 0.3) is 5.89 Å². The molecule has 17 heavy (non-hydrogen) atoms. The average molecular weight is 234 g/mol. The summed E-state index contributed by atoms with van der Waals surface area (Å²) in [6.45, 7) is 3.51. The first-order valence-corrected chi connectivity index (χ1v) is 5.21. The molecule has 0 radical (unpaired) electrons. The van der Waals surface area contributed by atoms with Gasteiger partial charge in [-0.15, -0.1) is 0 Å². The van der Waals surface area contributed by atoms with Crippen molar-refractivity contribution in [3.8, 4) is 11.5 Å². The molecule has 0 aromatic carbocycles. The van der Waals surface area contributed by atoms with Crippen LogP contribution in [0.25, 0.3) is 11.5 Å². The van der Waals surface area contributed by atoms with E-state index in [2.05, 4.69) is 9.97 Å². The van der Waals surface area contributed by atoms with Gasteiger partial charge in [-0.25, -0.2) is 9.97 Å². The van der Waals surface area contributed by atoms with Crippen molar-refractivity contribution in [1.82, 2.24) is 9.97 Å². The maximum Gasteiger partial charge on any atom is 0.263 e. The van der Waals surface area contributed by atoms with Crippen LogP contribution in [0.15, 0.2) is 28.8 Å². The number of rotatable bonds is 3. The van der Waals surface area contributed by atoms with Crippen molar-refractivity contribution in [2.75, 3.05) is 0 Å². The van der Waals surface area contributed by atoms with Crippen molar-refractivity contribution >= 4 is 5.78 Å². The molecule has 0 unspecified atom stereocenters. The Morgan fingerprint density at radius 2 is 2.18 bits per heavy atom. The number of halogens is 1. The van der Waals surface area contributed by atoms with Crippen molar-refractivity contribution in [2.24, 2.45) is 5.92 Å². The van der Waals surface area contributed by atoms with Gasteiger partial charge in [-0.3, -0.25) is 4.79 Å². The molecule has 0 saturated carbocycles. The van der Waals surface area contributed by atoms with Gasteiger partial charge >= 0.3 is 0 Å². The Morgan fingerprint density at radius 1 is 1.41 bits per heavy atom. The van der Waals surface area contributed by atoms with Gasteiger partial charge in [0.1, 0.15) is 5.69 Å². The van der Waals surface area contributed by atoms with E-state index >= 15 is 0 Å². The number of ketones is 1. The SMILES string of the molecule is CC(C)C(=O)c1ncc(-c2cccc(F)n2)o1. The molecular formula is C12H11FN2O2. The van der Waals surface area contributed by atoms with Crippen LogP contribution in [0, 0.1) is 11.9 Å². The monoisotopic (exact) mass is 234 g/mol. The third-order valence-corrected chi connectivity index (χ3v) is 2.21. The first kappa shape index (κ1) is 11.4. The number of hydrogen-bond acceptors (Lipinski definition) is 4. The second kappa shape index (κ2) is 4.45. The zero-order valence-electron chi connectivity index (χ0n) is 9.48. The minimum atomic E-state index is -0.601. The molecule has 0 aliphatic heterocycles. The molecule has 4 nitrogen and oxygen atoms in total. The second-order valence-corrected chi connectivity index (χ2v) is 3.89. The van der Waals surface area contributed by atoms with E-state index in [9.17, 15) is 9.18 Å². The molecule has 0 atom stereocenters. The van der Waals surface area contributed by atoms with Crippen molar-refractivity contribution in [3.63, 3.8) is 0 Å². The molecule has 5 heteroatoms. The highest BCUT2D eigenvalue weighted by Gasteiger charge is 2.17. The molecular weight excluding hydrogens is 223 g/mol. The van der Waals surface area contributed by atoms with Gasteiger partial charge in [-0.1, -0.05) is 19.9 Å². The predicted molar refractivity (Wildman–Crippen MR) is 58.9 cm³/mol. The standard InChI is InChI=1S/C12H11FN2O2/c1-7(2)11(16)12-14-6-9(17-12)8-4-3-5-10(13)15-8/h3-7H,1-2H3. The van der Waals surface area contributed by atoms with Crippen molar-refractivity contribution in [2.45, 2.75) is 13.8 Å². The van der Waals surface area contributed by atoms with Gasteiger partial charge in [-0.2, -0.15) is 4.39 Å².